The van der Waals surface area contributed by atoms with Gasteiger partial charge in [-0.05, 0) is 75.1 Å². The average Bonchev–Trinajstić information content (AvgIpc) is 3.32. The summed E-state index contributed by atoms with van der Waals surface area (Å²) in [6.45, 7) is 3.89. The van der Waals surface area contributed by atoms with E-state index in [1.807, 2.05) is 35.2 Å². The normalized spacial score (nSPS) is 33.3. The number of rotatable bonds is 2. The number of hydrogen-bond donors (Lipinski definition) is 1. The zero-order valence-electron chi connectivity index (χ0n) is 17.7. The highest BCUT2D eigenvalue weighted by Crippen LogP contribution is 2.41. The number of amides is 2. The molecule has 1 N–H and O–H groups in total. The van der Waals surface area contributed by atoms with Crippen molar-refractivity contribution in [2.24, 2.45) is 17.8 Å². The Balaban J connectivity index is 0.00000218. The van der Waals surface area contributed by atoms with Crippen LogP contribution in [0.2, 0.25) is 0 Å². The SMILES string of the molecule is Cl.O=C(C1CC2CCCCC2N1C(=O)c1ccccc1)N1CC[C@@H]2CNC[C@@H]2CC1. The maximum Gasteiger partial charge on any atom is 0.254 e. The van der Waals surface area contributed by atoms with E-state index < -0.39 is 0 Å². The average molecular weight is 432 g/mol. The lowest BCUT2D eigenvalue weighted by Crippen LogP contribution is -2.51. The van der Waals surface area contributed by atoms with Crippen LogP contribution in [0.25, 0.3) is 0 Å². The molecule has 6 heteroatoms. The van der Waals surface area contributed by atoms with Crippen LogP contribution in [0, 0.1) is 17.8 Å². The van der Waals surface area contributed by atoms with Gasteiger partial charge in [0.05, 0.1) is 0 Å². The first-order valence-corrected chi connectivity index (χ1v) is 11.6. The molecule has 0 spiro atoms. The second kappa shape index (κ2) is 9.27. The van der Waals surface area contributed by atoms with Crippen molar-refractivity contribution in [1.82, 2.24) is 15.1 Å². The van der Waals surface area contributed by atoms with Crippen molar-refractivity contribution in [1.29, 1.82) is 0 Å². The molecule has 1 aliphatic carbocycles. The Kier molecular flexibility index (Phi) is 6.69. The van der Waals surface area contributed by atoms with Gasteiger partial charge in [-0.3, -0.25) is 9.59 Å². The fourth-order valence-corrected chi connectivity index (χ4v) is 6.35. The number of benzene rings is 1. The summed E-state index contributed by atoms with van der Waals surface area (Å²) in [6, 6.07) is 9.52. The first kappa shape index (κ1) is 21.6. The number of nitrogens with zero attached hydrogens (tertiary/aromatic N) is 2. The molecule has 30 heavy (non-hydrogen) atoms. The summed E-state index contributed by atoms with van der Waals surface area (Å²) >= 11 is 0. The second-order valence-corrected chi connectivity index (χ2v) is 9.52. The third-order valence-corrected chi connectivity index (χ3v) is 7.96. The van der Waals surface area contributed by atoms with E-state index in [0.29, 0.717) is 23.3 Å². The van der Waals surface area contributed by atoms with E-state index in [9.17, 15) is 9.59 Å². The molecule has 1 aromatic carbocycles. The molecule has 5 atom stereocenters. The minimum absolute atomic E-state index is 0. The molecule has 0 aromatic heterocycles. The van der Waals surface area contributed by atoms with Crippen LogP contribution in [0.3, 0.4) is 0 Å². The summed E-state index contributed by atoms with van der Waals surface area (Å²) in [5.74, 6) is 2.16. The van der Waals surface area contributed by atoms with Gasteiger partial charge in [0.1, 0.15) is 6.04 Å². The first-order chi connectivity index (χ1) is 14.2. The minimum atomic E-state index is -0.271. The van der Waals surface area contributed by atoms with Gasteiger partial charge in [-0.15, -0.1) is 12.4 Å². The molecular formula is C24H34ClN3O2. The molecule has 5 nitrogen and oxygen atoms in total. The van der Waals surface area contributed by atoms with E-state index in [0.717, 1.165) is 58.3 Å². The maximum absolute atomic E-state index is 13.7. The van der Waals surface area contributed by atoms with Crippen LogP contribution in [0.5, 0.6) is 0 Å². The number of fused-ring (bicyclic) bond motifs is 2. The topological polar surface area (TPSA) is 52.7 Å². The Morgan fingerprint density at radius 2 is 1.53 bits per heavy atom. The van der Waals surface area contributed by atoms with Crippen LogP contribution in [0.1, 0.15) is 55.3 Å². The molecule has 4 aliphatic rings. The van der Waals surface area contributed by atoms with Gasteiger partial charge >= 0.3 is 0 Å². The van der Waals surface area contributed by atoms with Crippen LogP contribution in [0.4, 0.5) is 0 Å². The number of halogens is 1. The van der Waals surface area contributed by atoms with Crippen LogP contribution < -0.4 is 5.32 Å². The Hall–Kier alpha value is -1.59. The Morgan fingerprint density at radius 1 is 0.867 bits per heavy atom. The third-order valence-electron chi connectivity index (χ3n) is 7.96. The highest BCUT2D eigenvalue weighted by molar-refractivity contribution is 5.98. The highest BCUT2D eigenvalue weighted by atomic mass is 35.5. The van der Waals surface area contributed by atoms with E-state index in [1.165, 1.54) is 12.8 Å². The van der Waals surface area contributed by atoms with Crippen LogP contribution in [-0.4, -0.2) is 59.9 Å². The predicted molar refractivity (Wildman–Crippen MR) is 120 cm³/mol. The molecule has 0 radical (unpaired) electrons. The molecular weight excluding hydrogens is 398 g/mol. The van der Waals surface area contributed by atoms with Crippen molar-refractivity contribution < 1.29 is 9.59 Å². The van der Waals surface area contributed by atoms with Crippen LogP contribution >= 0.6 is 12.4 Å². The monoisotopic (exact) mass is 431 g/mol. The molecule has 164 valence electrons. The van der Waals surface area contributed by atoms with Gasteiger partial charge in [0.2, 0.25) is 5.91 Å². The van der Waals surface area contributed by atoms with Gasteiger partial charge in [-0.2, -0.15) is 0 Å². The minimum Gasteiger partial charge on any atom is -0.341 e. The zero-order valence-corrected chi connectivity index (χ0v) is 18.5. The van der Waals surface area contributed by atoms with E-state index in [-0.39, 0.29) is 36.3 Å². The van der Waals surface area contributed by atoms with Crippen molar-refractivity contribution in [3.8, 4) is 0 Å². The number of hydrogen-bond acceptors (Lipinski definition) is 3. The van der Waals surface area contributed by atoms with Crippen LogP contribution in [0.15, 0.2) is 30.3 Å². The summed E-state index contributed by atoms with van der Waals surface area (Å²) in [7, 11) is 0. The zero-order chi connectivity index (χ0) is 19.8. The largest absolute Gasteiger partial charge is 0.341 e. The van der Waals surface area contributed by atoms with Crippen molar-refractivity contribution in [2.45, 2.75) is 57.0 Å². The van der Waals surface area contributed by atoms with E-state index in [1.54, 1.807) is 0 Å². The van der Waals surface area contributed by atoms with E-state index in [2.05, 4.69) is 10.2 Å². The Bertz CT molecular complexity index is 744. The lowest BCUT2D eigenvalue weighted by molar-refractivity contribution is -0.135. The van der Waals surface area contributed by atoms with E-state index >= 15 is 0 Å². The maximum atomic E-state index is 13.7. The summed E-state index contributed by atoms with van der Waals surface area (Å²) in [4.78, 5) is 31.2. The highest BCUT2D eigenvalue weighted by Gasteiger charge is 2.48. The molecule has 0 bridgehead atoms. The molecule has 3 unspecified atom stereocenters. The molecule has 3 aliphatic heterocycles. The molecule has 3 heterocycles. The summed E-state index contributed by atoms with van der Waals surface area (Å²) in [5, 5.41) is 3.51. The van der Waals surface area contributed by atoms with Crippen molar-refractivity contribution in [2.75, 3.05) is 26.2 Å². The second-order valence-electron chi connectivity index (χ2n) is 9.52. The first-order valence-electron chi connectivity index (χ1n) is 11.6. The summed E-state index contributed by atoms with van der Waals surface area (Å²) in [5.41, 5.74) is 0.716. The fraction of sp³-hybridized carbons (Fsp3) is 0.667. The Labute approximate surface area is 186 Å². The molecule has 1 aromatic rings. The molecule has 1 saturated carbocycles. The molecule has 4 fully saturated rings. The lowest BCUT2D eigenvalue weighted by Gasteiger charge is -2.35. The quantitative estimate of drug-likeness (QED) is 0.781. The van der Waals surface area contributed by atoms with Gasteiger partial charge < -0.3 is 15.1 Å². The fourth-order valence-electron chi connectivity index (χ4n) is 6.35. The number of carbonyl (C=O) groups is 2. The predicted octanol–water partition coefficient (Wildman–Crippen LogP) is 3.34. The number of carbonyl (C=O) groups excluding carboxylic acids is 2. The van der Waals surface area contributed by atoms with Gasteiger partial charge in [0.15, 0.2) is 0 Å². The third kappa shape index (κ3) is 3.99. The van der Waals surface area contributed by atoms with Gasteiger partial charge in [-0.1, -0.05) is 31.0 Å². The van der Waals surface area contributed by atoms with Crippen LogP contribution in [-0.2, 0) is 4.79 Å². The standard InChI is InChI=1S/C24H33N3O2.ClH/c28-23(17-6-2-1-3-7-17)27-21-9-5-4-8-18(21)14-22(27)24(29)26-12-10-19-15-25-16-20(19)11-13-26;/h1-3,6-7,18-22,25H,4-5,8-16H2;1H/t18?,19-,20+,21?,22?;. The van der Waals surface area contributed by atoms with Crippen molar-refractivity contribution in [3.63, 3.8) is 0 Å². The van der Waals surface area contributed by atoms with Crippen molar-refractivity contribution in [3.05, 3.63) is 35.9 Å². The number of nitrogens with one attached hydrogen (secondary N) is 1. The smallest absolute Gasteiger partial charge is 0.254 e. The molecule has 3 saturated heterocycles. The van der Waals surface area contributed by atoms with Crippen molar-refractivity contribution >= 4 is 24.2 Å². The molecule has 2 amide bonds. The van der Waals surface area contributed by atoms with Gasteiger partial charge in [0.25, 0.3) is 5.91 Å². The Morgan fingerprint density at radius 3 is 2.23 bits per heavy atom. The van der Waals surface area contributed by atoms with E-state index in [4.69, 9.17) is 0 Å². The lowest BCUT2D eigenvalue weighted by atomic mass is 9.84. The molecule has 5 rings (SSSR count). The summed E-state index contributed by atoms with van der Waals surface area (Å²) in [6.07, 6.45) is 7.64. The number of likely N-dealkylation sites (tertiary alicyclic amines) is 2. The van der Waals surface area contributed by atoms with Gasteiger partial charge in [-0.25, -0.2) is 0 Å². The van der Waals surface area contributed by atoms with Gasteiger partial charge in [0, 0.05) is 24.7 Å². The summed E-state index contributed by atoms with van der Waals surface area (Å²) < 4.78 is 0.